The molecule has 1 aliphatic rings. The lowest BCUT2D eigenvalue weighted by atomic mass is 9.82. The molecule has 0 fully saturated rings. The van der Waals surface area contributed by atoms with Gasteiger partial charge in [-0.25, -0.2) is 0 Å². The molecule has 0 heterocycles. The fourth-order valence-corrected chi connectivity index (χ4v) is 8.90. The van der Waals surface area contributed by atoms with Gasteiger partial charge in [0.1, 0.15) is 0 Å². The summed E-state index contributed by atoms with van der Waals surface area (Å²) in [7, 11) is 0. The van der Waals surface area contributed by atoms with Crippen LogP contribution in [0.25, 0.3) is 44.2 Å². The molecule has 0 atom stereocenters. The smallest absolute Gasteiger partial charge is 0.0540 e. The number of hydrogen-bond acceptors (Lipinski definition) is 2. The molecule has 0 unspecified atom stereocenters. The van der Waals surface area contributed by atoms with Gasteiger partial charge in [0.05, 0.1) is 5.69 Å². The maximum atomic E-state index is 2.43. The zero-order chi connectivity index (χ0) is 39.2. The van der Waals surface area contributed by atoms with Gasteiger partial charge in [-0.2, -0.15) is 0 Å². The van der Waals surface area contributed by atoms with Crippen LogP contribution < -0.4 is 9.80 Å². The van der Waals surface area contributed by atoms with Gasteiger partial charge in [-0.1, -0.05) is 159 Å². The van der Waals surface area contributed by atoms with Gasteiger partial charge in [-0.3, -0.25) is 0 Å². The van der Waals surface area contributed by atoms with Crippen molar-refractivity contribution in [1.82, 2.24) is 0 Å². The third kappa shape index (κ3) is 6.24. The summed E-state index contributed by atoms with van der Waals surface area (Å²) in [5, 5.41) is 2.46. The molecule has 2 nitrogen and oxygen atoms in total. The van der Waals surface area contributed by atoms with E-state index in [0.717, 1.165) is 28.4 Å². The average molecular weight is 745 g/mol. The molecule has 0 saturated carbocycles. The fraction of sp³-hybridized carbons (Fsp3) is 0.0714. The summed E-state index contributed by atoms with van der Waals surface area (Å²) in [4.78, 5) is 4.83. The molecular weight excluding hydrogens is 701 g/mol. The highest BCUT2D eigenvalue weighted by atomic mass is 15.1. The van der Waals surface area contributed by atoms with Crippen LogP contribution in [0.1, 0.15) is 30.5 Å². The Morgan fingerprint density at radius 2 is 0.793 bits per heavy atom. The summed E-state index contributed by atoms with van der Waals surface area (Å²) >= 11 is 0. The van der Waals surface area contributed by atoms with Crippen LogP contribution in [-0.2, 0) is 5.41 Å². The average Bonchev–Trinajstić information content (AvgIpc) is 3.50. The van der Waals surface area contributed by atoms with Crippen LogP contribution in [-0.4, -0.2) is 0 Å². The third-order valence-corrected chi connectivity index (χ3v) is 11.9. The summed E-state index contributed by atoms with van der Waals surface area (Å²) in [5.41, 5.74) is 17.9. The molecular formula is C56H44N2. The van der Waals surface area contributed by atoms with E-state index in [4.69, 9.17) is 0 Å². The molecule has 9 aromatic rings. The SMILES string of the molecule is Cc1cccc(N(c2ccc3c(c2)C(C)(C)c2cc(N(c4ccc(-c5ccccc5)cc4)c4ccc(-c5ccccc5)cc4)ccc2-3)c2cccc3ccccc23)c1. The Labute approximate surface area is 341 Å². The van der Waals surface area contributed by atoms with Gasteiger partial charge in [0.25, 0.3) is 0 Å². The molecule has 1 aliphatic carbocycles. The van der Waals surface area contributed by atoms with E-state index in [0.29, 0.717) is 0 Å². The molecule has 278 valence electrons. The minimum Gasteiger partial charge on any atom is -0.310 e. The predicted octanol–water partition coefficient (Wildman–Crippen LogP) is 15.7. The molecule has 0 saturated heterocycles. The Kier molecular flexibility index (Phi) is 8.76. The number of nitrogens with zero attached hydrogens (tertiary/aromatic N) is 2. The zero-order valence-corrected chi connectivity index (χ0v) is 33.1. The summed E-state index contributed by atoms with van der Waals surface area (Å²) < 4.78 is 0. The van der Waals surface area contributed by atoms with Crippen molar-refractivity contribution in [3.63, 3.8) is 0 Å². The van der Waals surface area contributed by atoms with Crippen LogP contribution in [0.15, 0.2) is 212 Å². The Morgan fingerprint density at radius 3 is 1.36 bits per heavy atom. The van der Waals surface area contributed by atoms with Crippen molar-refractivity contribution in [2.24, 2.45) is 0 Å². The second kappa shape index (κ2) is 14.4. The van der Waals surface area contributed by atoms with Gasteiger partial charge in [0.2, 0.25) is 0 Å². The largest absolute Gasteiger partial charge is 0.310 e. The van der Waals surface area contributed by atoms with Crippen LogP contribution in [0.5, 0.6) is 0 Å². The van der Waals surface area contributed by atoms with E-state index in [-0.39, 0.29) is 5.41 Å². The van der Waals surface area contributed by atoms with Gasteiger partial charge in [-0.05, 0) is 129 Å². The molecule has 58 heavy (non-hydrogen) atoms. The quantitative estimate of drug-likeness (QED) is 0.153. The van der Waals surface area contributed by atoms with Gasteiger partial charge < -0.3 is 9.80 Å². The fourth-order valence-electron chi connectivity index (χ4n) is 8.90. The standard InChI is InChI=1S/C56H44N2/c1-39-14-12-21-47(36-39)58(55-23-13-20-44-19-10-11-22-50(44)55)49-33-35-52-51-34-32-48(37-53(51)56(2,3)54(52)38-49)57(45-28-24-42(25-29-45)40-15-6-4-7-16-40)46-30-26-43(27-31-46)41-17-8-5-9-18-41/h4-38H,1-3H3. The lowest BCUT2D eigenvalue weighted by Gasteiger charge is -2.30. The molecule has 10 rings (SSSR count). The molecule has 0 spiro atoms. The monoisotopic (exact) mass is 744 g/mol. The van der Waals surface area contributed by atoms with Crippen LogP contribution in [0.2, 0.25) is 0 Å². The summed E-state index contributed by atoms with van der Waals surface area (Å²) in [6, 6.07) is 77.4. The maximum Gasteiger partial charge on any atom is 0.0540 e. The van der Waals surface area contributed by atoms with Crippen molar-refractivity contribution in [3.8, 4) is 33.4 Å². The molecule has 2 heteroatoms. The summed E-state index contributed by atoms with van der Waals surface area (Å²) in [5.74, 6) is 0. The Balaban J connectivity index is 1.07. The lowest BCUT2D eigenvalue weighted by Crippen LogP contribution is -2.17. The van der Waals surface area contributed by atoms with Crippen molar-refractivity contribution in [3.05, 3.63) is 229 Å². The highest BCUT2D eigenvalue weighted by Gasteiger charge is 2.37. The van der Waals surface area contributed by atoms with E-state index in [1.807, 2.05) is 0 Å². The first kappa shape index (κ1) is 35.3. The van der Waals surface area contributed by atoms with Gasteiger partial charge in [0.15, 0.2) is 0 Å². The van der Waals surface area contributed by atoms with Crippen LogP contribution >= 0.6 is 0 Å². The first-order chi connectivity index (χ1) is 28.4. The van der Waals surface area contributed by atoms with Crippen LogP contribution in [0.4, 0.5) is 34.1 Å². The van der Waals surface area contributed by atoms with E-state index in [9.17, 15) is 0 Å². The normalized spacial score (nSPS) is 12.5. The minimum atomic E-state index is -0.242. The highest BCUT2D eigenvalue weighted by molar-refractivity contribution is 5.99. The number of aryl methyl sites for hydroxylation is 1. The number of anilines is 6. The van der Waals surface area contributed by atoms with E-state index in [1.54, 1.807) is 0 Å². The van der Waals surface area contributed by atoms with Crippen molar-refractivity contribution in [2.45, 2.75) is 26.2 Å². The zero-order valence-electron chi connectivity index (χ0n) is 33.1. The first-order valence-corrected chi connectivity index (χ1v) is 20.2. The second-order valence-corrected chi connectivity index (χ2v) is 15.9. The third-order valence-electron chi connectivity index (χ3n) is 11.9. The van der Waals surface area contributed by atoms with Crippen LogP contribution in [0, 0.1) is 6.92 Å². The van der Waals surface area contributed by atoms with E-state index >= 15 is 0 Å². The number of rotatable bonds is 8. The molecule has 0 radical (unpaired) electrons. The first-order valence-electron chi connectivity index (χ1n) is 20.2. The Bertz CT molecular complexity index is 2820. The van der Waals surface area contributed by atoms with Crippen molar-refractivity contribution >= 4 is 44.9 Å². The summed E-state index contributed by atoms with van der Waals surface area (Å²) in [6.07, 6.45) is 0. The van der Waals surface area contributed by atoms with Gasteiger partial charge >= 0.3 is 0 Å². The van der Waals surface area contributed by atoms with E-state index in [1.165, 1.54) is 66.5 Å². The summed E-state index contributed by atoms with van der Waals surface area (Å²) in [6.45, 7) is 6.94. The number of benzene rings is 9. The lowest BCUT2D eigenvalue weighted by molar-refractivity contribution is 0.660. The molecule has 0 aliphatic heterocycles. The predicted molar refractivity (Wildman–Crippen MR) is 246 cm³/mol. The van der Waals surface area contributed by atoms with E-state index in [2.05, 4.69) is 243 Å². The molecule has 0 N–H and O–H groups in total. The van der Waals surface area contributed by atoms with Crippen molar-refractivity contribution in [2.75, 3.05) is 9.80 Å². The minimum absolute atomic E-state index is 0.242. The van der Waals surface area contributed by atoms with E-state index < -0.39 is 0 Å². The topological polar surface area (TPSA) is 6.48 Å². The molecule has 0 bridgehead atoms. The van der Waals surface area contributed by atoms with Crippen molar-refractivity contribution < 1.29 is 0 Å². The number of hydrogen-bond donors (Lipinski definition) is 0. The van der Waals surface area contributed by atoms with Crippen molar-refractivity contribution in [1.29, 1.82) is 0 Å². The molecule has 0 amide bonds. The maximum absolute atomic E-state index is 2.43. The van der Waals surface area contributed by atoms with Gasteiger partial charge in [-0.15, -0.1) is 0 Å². The van der Waals surface area contributed by atoms with Crippen LogP contribution in [0.3, 0.4) is 0 Å². The Morgan fingerprint density at radius 1 is 0.345 bits per heavy atom. The molecule has 9 aromatic carbocycles. The Hall–Kier alpha value is -7.16. The second-order valence-electron chi connectivity index (χ2n) is 15.9. The number of fused-ring (bicyclic) bond motifs is 4. The highest BCUT2D eigenvalue weighted by Crippen LogP contribution is 2.53. The molecule has 0 aromatic heterocycles. The van der Waals surface area contributed by atoms with Gasteiger partial charge in [0, 0.05) is 39.2 Å².